The molecule has 6 heteroatoms. The van der Waals surface area contributed by atoms with Crippen LogP contribution in [0.5, 0.6) is 0 Å². The highest BCUT2D eigenvalue weighted by Crippen LogP contribution is 2.17. The maximum Gasteiger partial charge on any atom is 0.281 e. The Hall–Kier alpha value is -0.170. The van der Waals surface area contributed by atoms with Crippen molar-refractivity contribution in [2.24, 2.45) is 5.92 Å². The first-order valence-electron chi connectivity index (χ1n) is 6.25. The molecule has 1 atom stereocenters. The van der Waals surface area contributed by atoms with Crippen LogP contribution in [0.25, 0.3) is 0 Å². The summed E-state index contributed by atoms with van der Waals surface area (Å²) >= 11 is 0. The first-order chi connectivity index (χ1) is 7.85. The van der Waals surface area contributed by atoms with Crippen LogP contribution in [0.1, 0.15) is 26.7 Å². The molecule has 1 N–H and O–H groups in total. The number of piperidine rings is 1. The van der Waals surface area contributed by atoms with Gasteiger partial charge in [0.05, 0.1) is 0 Å². The molecule has 0 radical (unpaired) electrons. The molecule has 1 fully saturated rings. The predicted molar refractivity (Wildman–Crippen MR) is 70.0 cm³/mol. The molecule has 1 aliphatic heterocycles. The fraction of sp³-hybridized carbons (Fsp3) is 1.00. The lowest BCUT2D eigenvalue weighted by molar-refractivity contribution is 0.253. The van der Waals surface area contributed by atoms with E-state index in [1.54, 1.807) is 18.4 Å². The molecule has 0 aromatic carbocycles. The summed E-state index contributed by atoms with van der Waals surface area (Å²) in [5.74, 6) is 0.431. The van der Waals surface area contributed by atoms with Crippen LogP contribution in [0.15, 0.2) is 0 Å². The molecule has 17 heavy (non-hydrogen) atoms. The second-order valence-electron chi connectivity index (χ2n) is 5.17. The van der Waals surface area contributed by atoms with Gasteiger partial charge in [-0.25, -0.2) is 0 Å². The summed E-state index contributed by atoms with van der Waals surface area (Å²) < 4.78 is 27.3. The zero-order valence-corrected chi connectivity index (χ0v) is 12.1. The van der Waals surface area contributed by atoms with Gasteiger partial charge in [0.2, 0.25) is 0 Å². The smallest absolute Gasteiger partial charge is 0.281 e. The van der Waals surface area contributed by atoms with Gasteiger partial charge in [0.25, 0.3) is 10.2 Å². The summed E-state index contributed by atoms with van der Waals surface area (Å²) in [4.78, 5) is 0. The summed E-state index contributed by atoms with van der Waals surface area (Å²) in [5, 5.41) is 3.32. The highest BCUT2D eigenvalue weighted by Gasteiger charge is 2.29. The minimum Gasteiger partial charge on any atom is -0.316 e. The predicted octanol–water partition coefficient (Wildman–Crippen LogP) is 0.503. The molecular weight excluding hydrogens is 238 g/mol. The van der Waals surface area contributed by atoms with Crippen LogP contribution in [-0.2, 0) is 10.2 Å². The molecule has 102 valence electrons. The monoisotopic (exact) mass is 263 g/mol. The standard InChI is InChI=1S/C11H25N3O2S/c1-10(2)14(17(15,16)13(3)4)9-11-6-5-7-12-8-11/h10-12H,5-9H2,1-4H3. The Morgan fingerprint density at radius 3 is 2.41 bits per heavy atom. The van der Waals surface area contributed by atoms with E-state index in [1.165, 1.54) is 4.31 Å². The van der Waals surface area contributed by atoms with Crippen LogP contribution in [-0.4, -0.2) is 56.8 Å². The molecule has 0 bridgehead atoms. The third-order valence-corrected chi connectivity index (χ3v) is 5.26. The normalized spacial score (nSPS) is 22.6. The quantitative estimate of drug-likeness (QED) is 0.786. The van der Waals surface area contributed by atoms with Gasteiger partial charge in [-0.05, 0) is 45.7 Å². The largest absolute Gasteiger partial charge is 0.316 e. The van der Waals surface area contributed by atoms with E-state index >= 15 is 0 Å². The van der Waals surface area contributed by atoms with Crippen molar-refractivity contribution in [3.05, 3.63) is 0 Å². The summed E-state index contributed by atoms with van der Waals surface area (Å²) in [6.07, 6.45) is 2.25. The molecule has 5 nitrogen and oxygen atoms in total. The van der Waals surface area contributed by atoms with E-state index < -0.39 is 10.2 Å². The molecule has 1 heterocycles. The van der Waals surface area contributed by atoms with Gasteiger partial charge in [0.15, 0.2) is 0 Å². The van der Waals surface area contributed by atoms with E-state index in [4.69, 9.17) is 0 Å². The van der Waals surface area contributed by atoms with Gasteiger partial charge < -0.3 is 5.32 Å². The highest BCUT2D eigenvalue weighted by molar-refractivity contribution is 7.86. The van der Waals surface area contributed by atoms with Crippen LogP contribution in [0, 0.1) is 5.92 Å². The third kappa shape index (κ3) is 3.91. The van der Waals surface area contributed by atoms with Crippen molar-refractivity contribution in [2.75, 3.05) is 33.7 Å². The first-order valence-corrected chi connectivity index (χ1v) is 7.65. The van der Waals surface area contributed by atoms with Gasteiger partial charge in [0, 0.05) is 26.7 Å². The minimum atomic E-state index is -3.30. The van der Waals surface area contributed by atoms with E-state index in [1.807, 2.05) is 13.8 Å². The fourth-order valence-corrected chi connectivity index (χ4v) is 3.47. The molecular formula is C11H25N3O2S. The van der Waals surface area contributed by atoms with Crippen molar-refractivity contribution in [3.63, 3.8) is 0 Å². The van der Waals surface area contributed by atoms with Crippen molar-refractivity contribution in [1.29, 1.82) is 0 Å². The van der Waals surface area contributed by atoms with Crippen LogP contribution in [0.4, 0.5) is 0 Å². The number of nitrogens with zero attached hydrogens (tertiary/aromatic N) is 2. The average Bonchev–Trinajstić information content (AvgIpc) is 2.26. The summed E-state index contributed by atoms with van der Waals surface area (Å²) in [6.45, 7) is 6.45. The van der Waals surface area contributed by atoms with E-state index in [0.717, 1.165) is 25.9 Å². The molecule has 1 aliphatic rings. The van der Waals surface area contributed by atoms with Crippen molar-refractivity contribution in [2.45, 2.75) is 32.7 Å². The Labute approximate surface area is 105 Å². The molecule has 0 aromatic heterocycles. The Kier molecular flexibility index (Phi) is 5.37. The number of hydrogen-bond donors (Lipinski definition) is 1. The van der Waals surface area contributed by atoms with Crippen molar-refractivity contribution in [3.8, 4) is 0 Å². The van der Waals surface area contributed by atoms with Gasteiger partial charge in [-0.1, -0.05) is 0 Å². The zero-order valence-electron chi connectivity index (χ0n) is 11.3. The molecule has 0 amide bonds. The molecule has 0 spiro atoms. The molecule has 1 saturated heterocycles. The second kappa shape index (κ2) is 6.13. The highest BCUT2D eigenvalue weighted by atomic mass is 32.2. The number of rotatable bonds is 5. The van der Waals surface area contributed by atoms with Crippen molar-refractivity contribution in [1.82, 2.24) is 13.9 Å². The van der Waals surface area contributed by atoms with E-state index in [9.17, 15) is 8.42 Å². The van der Waals surface area contributed by atoms with Gasteiger partial charge in [-0.15, -0.1) is 0 Å². The second-order valence-corrected chi connectivity index (χ2v) is 7.26. The fourth-order valence-electron chi connectivity index (χ4n) is 2.12. The molecule has 0 saturated carbocycles. The van der Waals surface area contributed by atoms with E-state index in [-0.39, 0.29) is 6.04 Å². The van der Waals surface area contributed by atoms with Crippen LogP contribution in [0.3, 0.4) is 0 Å². The molecule has 1 unspecified atom stereocenters. The third-order valence-electron chi connectivity index (χ3n) is 3.17. The van der Waals surface area contributed by atoms with Crippen LogP contribution < -0.4 is 5.32 Å². The molecule has 0 aliphatic carbocycles. The summed E-state index contributed by atoms with van der Waals surface area (Å²) in [6, 6.07) is 0.00401. The van der Waals surface area contributed by atoms with Gasteiger partial charge in [-0.2, -0.15) is 17.0 Å². The minimum absolute atomic E-state index is 0.00401. The lowest BCUT2D eigenvalue weighted by atomic mass is 9.99. The number of nitrogens with one attached hydrogen (secondary N) is 1. The average molecular weight is 263 g/mol. The van der Waals surface area contributed by atoms with Gasteiger partial charge in [0.1, 0.15) is 0 Å². The SMILES string of the molecule is CC(C)N(CC1CCCNC1)S(=O)(=O)N(C)C. The maximum absolute atomic E-state index is 12.2. The lowest BCUT2D eigenvalue weighted by Gasteiger charge is -2.33. The first kappa shape index (κ1) is 14.9. The van der Waals surface area contributed by atoms with Crippen molar-refractivity contribution >= 4 is 10.2 Å². The number of hydrogen-bond acceptors (Lipinski definition) is 3. The van der Waals surface area contributed by atoms with Gasteiger partial charge >= 0.3 is 0 Å². The van der Waals surface area contributed by atoms with Gasteiger partial charge in [-0.3, -0.25) is 0 Å². The summed E-state index contributed by atoms with van der Waals surface area (Å²) in [5.41, 5.74) is 0. The zero-order chi connectivity index (χ0) is 13.1. The Morgan fingerprint density at radius 2 is 2.00 bits per heavy atom. The van der Waals surface area contributed by atoms with Crippen molar-refractivity contribution < 1.29 is 8.42 Å². The molecule has 1 rings (SSSR count). The Bertz CT molecular complexity index is 322. The maximum atomic E-state index is 12.2. The topological polar surface area (TPSA) is 52.7 Å². The Balaban J connectivity index is 2.72. The van der Waals surface area contributed by atoms with Crippen LogP contribution >= 0.6 is 0 Å². The lowest BCUT2D eigenvalue weighted by Crippen LogP contribution is -2.48. The Morgan fingerprint density at radius 1 is 1.35 bits per heavy atom. The van der Waals surface area contributed by atoms with Crippen LogP contribution in [0.2, 0.25) is 0 Å². The summed E-state index contributed by atoms with van der Waals surface area (Å²) in [7, 11) is -0.124. The van der Waals surface area contributed by atoms with E-state index in [2.05, 4.69) is 5.32 Å². The molecule has 0 aromatic rings. The van der Waals surface area contributed by atoms with E-state index in [0.29, 0.717) is 12.5 Å².